The molecule has 0 spiro atoms. The molecule has 11 rings (SSSR count). The van der Waals surface area contributed by atoms with Crippen LogP contribution in [0, 0.1) is 34.5 Å². The highest BCUT2D eigenvalue weighted by Gasteiger charge is 2.58. The second kappa shape index (κ2) is 14.2. The summed E-state index contributed by atoms with van der Waals surface area (Å²) in [7, 11) is 0. The Morgan fingerprint density at radius 3 is 1.21 bits per heavy atom. The van der Waals surface area contributed by atoms with E-state index in [4.69, 9.17) is 0 Å². The molecule has 0 heterocycles. The number of thioether (sulfide) groups is 2. The maximum atomic E-state index is 12.4. The topological polar surface area (TPSA) is 40.5 Å². The predicted octanol–water partition coefficient (Wildman–Crippen LogP) is 14.7. The van der Waals surface area contributed by atoms with Gasteiger partial charge >= 0.3 is 0 Å². The summed E-state index contributed by atoms with van der Waals surface area (Å²) >= 11 is 4.29. The monoisotopic (exact) mass is 797 g/mol. The van der Waals surface area contributed by atoms with Gasteiger partial charge in [0.1, 0.15) is 11.5 Å². The van der Waals surface area contributed by atoms with Gasteiger partial charge in [-0.2, -0.15) is 23.5 Å². The van der Waals surface area contributed by atoms with Crippen LogP contribution in [-0.2, 0) is 33.2 Å². The molecule has 0 amide bonds. The molecule has 0 aromatic heterocycles. The van der Waals surface area contributed by atoms with E-state index in [1.165, 1.54) is 149 Å². The van der Waals surface area contributed by atoms with Gasteiger partial charge in [-0.05, 0) is 146 Å². The number of benzene rings is 2. The lowest BCUT2D eigenvalue weighted by Crippen LogP contribution is -2.53. The van der Waals surface area contributed by atoms with Crippen LogP contribution in [0.25, 0.3) is 0 Å². The van der Waals surface area contributed by atoms with Crippen molar-refractivity contribution < 1.29 is 10.2 Å². The standard InChI is InChI=1S/C52H76O2S2/c1-47(2,3)39-17-37(45(53)41(19-39)51-25-33-15-34(26-51)22-49(7,21-33)31-51)29-55-43-13-11-9-10-12-14-44(43)56-30-38-18-40(48(4,5)6)20-42(46(38)54)52-27-35-16-36(28-52)24-50(8,23-35)32-52/h17-20,33-36,43-44,53-54H,9-16,21-32H2,1-8H3/t33?,34?,35?,36?,43-,44-,49?,50?,51?,52?/m0/s1. The Labute approximate surface area is 350 Å². The lowest BCUT2D eigenvalue weighted by molar-refractivity contribution is -0.0625. The zero-order valence-electron chi connectivity index (χ0n) is 36.6. The maximum Gasteiger partial charge on any atom is 0.123 e. The number of phenols is 2. The Balaban J connectivity index is 0.987. The van der Waals surface area contributed by atoms with Crippen molar-refractivity contribution in [1.82, 2.24) is 0 Å². The number of hydrogen-bond acceptors (Lipinski definition) is 4. The highest BCUT2D eigenvalue weighted by Crippen LogP contribution is 2.68. The molecule has 0 aliphatic heterocycles. The Bertz CT molecular complexity index is 1650. The molecule has 0 saturated heterocycles. The average Bonchev–Trinajstić information content (AvgIpc) is 3.05. The molecular weight excluding hydrogens is 721 g/mol. The minimum atomic E-state index is 0.0447. The summed E-state index contributed by atoms with van der Waals surface area (Å²) in [5, 5.41) is 25.9. The molecule has 56 heavy (non-hydrogen) atoms. The Morgan fingerprint density at radius 1 is 0.536 bits per heavy atom. The van der Waals surface area contributed by atoms with E-state index in [-0.39, 0.29) is 21.7 Å². The molecule has 2 aromatic rings. The number of rotatable bonds is 8. The average molecular weight is 797 g/mol. The summed E-state index contributed by atoms with van der Waals surface area (Å²) in [5.41, 5.74) is 9.09. The van der Waals surface area contributed by atoms with Gasteiger partial charge in [0, 0.05) is 55.1 Å². The molecule has 308 valence electrons. The quantitative estimate of drug-likeness (QED) is 0.279. The highest BCUT2D eigenvalue weighted by molar-refractivity contribution is 8.03. The fourth-order valence-electron chi connectivity index (χ4n) is 15.5. The molecule has 9 fully saturated rings. The Hall–Kier alpha value is -1.26. The molecule has 8 bridgehead atoms. The van der Waals surface area contributed by atoms with E-state index in [2.05, 4.69) is 103 Å². The van der Waals surface area contributed by atoms with Gasteiger partial charge in [-0.25, -0.2) is 0 Å². The van der Waals surface area contributed by atoms with Gasteiger partial charge < -0.3 is 10.2 Å². The third-order valence-electron chi connectivity index (χ3n) is 17.0. The van der Waals surface area contributed by atoms with Crippen molar-refractivity contribution >= 4 is 23.5 Å². The zero-order chi connectivity index (χ0) is 39.5. The zero-order valence-corrected chi connectivity index (χ0v) is 38.3. The van der Waals surface area contributed by atoms with E-state index in [0.29, 0.717) is 32.8 Å². The van der Waals surface area contributed by atoms with E-state index >= 15 is 0 Å². The highest BCUT2D eigenvalue weighted by atomic mass is 32.2. The summed E-state index contributed by atoms with van der Waals surface area (Å²) in [6.45, 7) is 19.3. The third kappa shape index (κ3) is 7.44. The summed E-state index contributed by atoms with van der Waals surface area (Å²) in [6, 6.07) is 9.71. The number of hydrogen-bond donors (Lipinski definition) is 2. The molecule has 2 aromatic carbocycles. The van der Waals surface area contributed by atoms with Crippen molar-refractivity contribution in [2.45, 2.75) is 215 Å². The molecule has 0 radical (unpaired) electrons. The van der Waals surface area contributed by atoms with Gasteiger partial charge in [-0.3, -0.25) is 0 Å². The van der Waals surface area contributed by atoms with Gasteiger partial charge in [0.15, 0.2) is 0 Å². The fraction of sp³-hybridized carbons (Fsp3) is 0.769. The van der Waals surface area contributed by atoms with Crippen LogP contribution in [0.2, 0.25) is 0 Å². The minimum absolute atomic E-state index is 0.0447. The first-order valence-corrected chi connectivity index (χ1v) is 25.4. The van der Waals surface area contributed by atoms with E-state index in [0.717, 1.165) is 35.2 Å². The van der Waals surface area contributed by atoms with Crippen LogP contribution >= 0.6 is 23.5 Å². The summed E-state index contributed by atoms with van der Waals surface area (Å²) in [5.74, 6) is 6.40. The largest absolute Gasteiger partial charge is 0.507 e. The van der Waals surface area contributed by atoms with Gasteiger partial charge in [0.25, 0.3) is 0 Å². The van der Waals surface area contributed by atoms with Crippen LogP contribution in [-0.4, -0.2) is 20.7 Å². The molecule has 9 saturated carbocycles. The number of phenolic OH excluding ortho intramolecular Hbond substituents is 2. The molecule has 9 aliphatic rings. The van der Waals surface area contributed by atoms with Crippen molar-refractivity contribution in [2.24, 2.45) is 34.5 Å². The van der Waals surface area contributed by atoms with Crippen molar-refractivity contribution in [3.05, 3.63) is 57.6 Å². The van der Waals surface area contributed by atoms with Crippen LogP contribution in [0.15, 0.2) is 24.3 Å². The maximum absolute atomic E-state index is 12.4. The van der Waals surface area contributed by atoms with Gasteiger partial charge in [-0.1, -0.05) is 105 Å². The van der Waals surface area contributed by atoms with Gasteiger partial charge in [-0.15, -0.1) is 0 Å². The molecule has 9 aliphatic carbocycles. The Morgan fingerprint density at radius 2 is 0.893 bits per heavy atom. The first-order valence-electron chi connectivity index (χ1n) is 23.3. The van der Waals surface area contributed by atoms with Crippen LogP contribution in [0.5, 0.6) is 11.5 Å². The first-order chi connectivity index (χ1) is 26.3. The third-order valence-corrected chi connectivity index (χ3v) is 20.1. The van der Waals surface area contributed by atoms with Crippen molar-refractivity contribution in [2.75, 3.05) is 0 Å². The molecule has 2 nitrogen and oxygen atoms in total. The fourth-order valence-corrected chi connectivity index (χ4v) is 18.6. The molecule has 6 atom stereocenters. The molecule has 4 unspecified atom stereocenters. The van der Waals surface area contributed by atoms with Crippen molar-refractivity contribution in [3.8, 4) is 11.5 Å². The van der Waals surface area contributed by atoms with E-state index in [9.17, 15) is 10.2 Å². The van der Waals surface area contributed by atoms with E-state index < -0.39 is 0 Å². The molecule has 2 N–H and O–H groups in total. The molecular formula is C52H76O2S2. The predicted molar refractivity (Wildman–Crippen MR) is 240 cm³/mol. The van der Waals surface area contributed by atoms with Crippen LogP contribution in [0.1, 0.15) is 204 Å². The smallest absolute Gasteiger partial charge is 0.123 e. The van der Waals surface area contributed by atoms with Gasteiger partial charge in [0.2, 0.25) is 0 Å². The minimum Gasteiger partial charge on any atom is -0.507 e. The van der Waals surface area contributed by atoms with E-state index in [1.807, 2.05) is 0 Å². The molecule has 4 heteroatoms. The lowest BCUT2D eigenvalue weighted by atomic mass is 9.43. The first kappa shape index (κ1) is 40.2. The van der Waals surface area contributed by atoms with Crippen molar-refractivity contribution in [3.63, 3.8) is 0 Å². The van der Waals surface area contributed by atoms with Gasteiger partial charge in [0.05, 0.1) is 0 Å². The summed E-state index contributed by atoms with van der Waals surface area (Å²) in [4.78, 5) is 0. The van der Waals surface area contributed by atoms with Crippen LogP contribution < -0.4 is 0 Å². The lowest BCUT2D eigenvalue weighted by Gasteiger charge is -2.61. The number of aromatic hydroxyl groups is 2. The SMILES string of the molecule is CC12CC3CC(C1)CC(c1cc(C(C)(C)C)cc(CS[C@H]4CCCCCC[C@@H]4SCc4cc(C(C)(C)C)cc(C56CC7CC(CC(C)(C7)C5)C6)c4O)c1O)(C3)C2. The Kier molecular flexibility index (Phi) is 10.2. The summed E-state index contributed by atoms with van der Waals surface area (Å²) < 4.78 is 0. The van der Waals surface area contributed by atoms with E-state index in [1.54, 1.807) is 0 Å². The van der Waals surface area contributed by atoms with Crippen LogP contribution in [0.3, 0.4) is 0 Å². The van der Waals surface area contributed by atoms with Crippen molar-refractivity contribution in [1.29, 1.82) is 0 Å². The summed E-state index contributed by atoms with van der Waals surface area (Å²) in [6.07, 6.45) is 23.9. The second-order valence-electron chi connectivity index (χ2n) is 24.4. The van der Waals surface area contributed by atoms with Crippen LogP contribution in [0.4, 0.5) is 0 Å². The normalized spacial score (nSPS) is 39.2. The second-order valence-corrected chi connectivity index (χ2v) is 26.8.